The third-order valence-corrected chi connectivity index (χ3v) is 0.843. The summed E-state index contributed by atoms with van der Waals surface area (Å²) in [5, 5.41) is 6.25. The Morgan fingerprint density at radius 2 is 1.50 bits per heavy atom. The first-order valence-corrected chi connectivity index (χ1v) is 11.8. The van der Waals surface area contributed by atoms with Crippen LogP contribution in [0.15, 0.2) is 30.3 Å². The van der Waals surface area contributed by atoms with E-state index in [1.165, 1.54) is 14.8 Å². The van der Waals surface area contributed by atoms with Crippen LogP contribution in [-0.4, -0.2) is 0 Å². The average molecular weight is 373 g/mol. The predicted molar refractivity (Wildman–Crippen MR) is 49.9 cm³/mol. The van der Waals surface area contributed by atoms with Crippen LogP contribution in [0.5, 0.6) is 0 Å². The van der Waals surface area contributed by atoms with E-state index >= 15 is 0 Å². The molecule has 0 spiro atoms. The fraction of sp³-hybridized carbons (Fsp3) is 0. The topological polar surface area (TPSA) is 23.8 Å². The molecular weight excluding hydrogens is 366 g/mol. The molecule has 0 heterocycles. The molecule has 0 fully saturated rings. The zero-order valence-electron chi connectivity index (χ0n) is 6.43. The Kier molecular flexibility index (Phi) is 26.7. The van der Waals surface area contributed by atoms with E-state index < -0.39 is 0 Å². The molecule has 12 heavy (non-hydrogen) atoms. The molecule has 0 unspecified atom stereocenters. The quantitative estimate of drug-likeness (QED) is 0.390. The molecule has 0 saturated heterocycles. The summed E-state index contributed by atoms with van der Waals surface area (Å²) in [6.45, 7) is 8.47. The first kappa shape index (κ1) is 18.3. The predicted octanol–water partition coefficient (Wildman–Crippen LogP) is 2.85. The molecule has 0 bridgehead atoms. The Bertz CT molecular complexity index is 179. The van der Waals surface area contributed by atoms with Crippen LogP contribution < -0.4 is 0 Å². The normalized spacial score (nSPS) is 5.75. The van der Waals surface area contributed by atoms with E-state index in [1.807, 2.05) is 30.3 Å². The first-order chi connectivity index (χ1) is 5.39. The molecule has 4 heteroatoms. The van der Waals surface area contributed by atoms with Gasteiger partial charge in [0, 0.05) is 0 Å². The zero-order chi connectivity index (χ0) is 9.11. The third-order valence-electron chi connectivity index (χ3n) is 0.843. The Balaban J connectivity index is -0.000000144. The van der Waals surface area contributed by atoms with Crippen LogP contribution in [0, 0.1) is 18.8 Å². The average Bonchev–Trinajstić information content (AvgIpc) is 2.13. The van der Waals surface area contributed by atoms with Gasteiger partial charge >= 0.3 is 51.6 Å². The van der Waals surface area contributed by atoms with Crippen molar-refractivity contribution in [1.82, 2.24) is 0 Å². The van der Waals surface area contributed by atoms with Crippen molar-refractivity contribution in [3.05, 3.63) is 49.4 Å². The molecule has 0 N–H and O–H groups in total. The van der Waals surface area contributed by atoms with Crippen LogP contribution in [0.2, 0.25) is 0 Å². The van der Waals surface area contributed by atoms with Crippen molar-refractivity contribution in [3.8, 4) is 0 Å². The Labute approximate surface area is 105 Å². The van der Waals surface area contributed by atoms with Gasteiger partial charge < -0.3 is 11.8 Å². The maximum atomic E-state index is 6.25. The molecule has 0 aliphatic heterocycles. The van der Waals surface area contributed by atoms with Crippen LogP contribution in [0.3, 0.4) is 0 Å². The summed E-state index contributed by atoms with van der Waals surface area (Å²) in [6, 6.07) is 9.87. The number of benzene rings is 1. The summed E-state index contributed by atoms with van der Waals surface area (Å²) in [6.07, 6.45) is 0. The third kappa shape index (κ3) is 13.1. The van der Waals surface area contributed by atoms with E-state index in [1.54, 1.807) is 0 Å². The van der Waals surface area contributed by atoms with E-state index in [0.29, 0.717) is 0 Å². The standard InChI is InChI=1S/C7H7.CN.Cu.HI.Zn/c1-7-5-3-2-4-6-7;1-2;;;/h2-6H,1H2;;;1H;/q2*-1;+1;;+2/p-1. The molecule has 0 amide bonds. The fourth-order valence-corrected chi connectivity index (χ4v) is 0.478. The van der Waals surface area contributed by atoms with Crippen molar-refractivity contribution in [2.24, 2.45) is 0 Å². The molecule has 1 rings (SSSR count). The number of hydrogen-bond acceptors (Lipinski definition) is 1. The monoisotopic (exact) mass is 371 g/mol. The van der Waals surface area contributed by atoms with E-state index in [0.717, 1.165) is 5.56 Å². The van der Waals surface area contributed by atoms with Crippen LogP contribution in [0.4, 0.5) is 0 Å². The number of nitrogens with zero attached hydrogens (tertiary/aromatic N) is 1. The van der Waals surface area contributed by atoms with Crippen LogP contribution in [0.1, 0.15) is 5.56 Å². The van der Waals surface area contributed by atoms with Gasteiger partial charge in [-0.3, -0.25) is 0 Å². The molecule has 1 aromatic carbocycles. The van der Waals surface area contributed by atoms with E-state index in [-0.39, 0.29) is 17.1 Å². The van der Waals surface area contributed by atoms with Crippen LogP contribution >= 0.6 is 19.8 Å². The summed E-state index contributed by atoms with van der Waals surface area (Å²) < 4.78 is 0. The van der Waals surface area contributed by atoms with E-state index in [9.17, 15) is 0 Å². The Morgan fingerprint density at radius 1 is 1.17 bits per heavy atom. The van der Waals surface area contributed by atoms with Crippen LogP contribution in [0.25, 0.3) is 0 Å². The van der Waals surface area contributed by atoms with Crippen LogP contribution in [-0.2, 0) is 31.9 Å². The molecule has 1 aromatic rings. The fourth-order valence-electron chi connectivity index (χ4n) is 0.478. The zero-order valence-corrected chi connectivity index (χ0v) is 12.5. The summed E-state index contributed by atoms with van der Waals surface area (Å²) in [4.78, 5) is 0. The molecule has 0 radical (unpaired) electrons. The summed E-state index contributed by atoms with van der Waals surface area (Å²) in [5.41, 5.74) is 1.07. The molecule has 0 saturated carbocycles. The van der Waals surface area contributed by atoms with Gasteiger partial charge in [0.05, 0.1) is 0 Å². The molecule has 64 valence electrons. The second-order valence-electron chi connectivity index (χ2n) is 1.49. The summed E-state index contributed by atoms with van der Waals surface area (Å²) >= 11 is 3.62. The van der Waals surface area contributed by atoms with Gasteiger partial charge in [0.2, 0.25) is 0 Å². The van der Waals surface area contributed by atoms with Gasteiger partial charge in [-0.2, -0.15) is 24.6 Å². The Morgan fingerprint density at radius 3 is 1.67 bits per heavy atom. The second kappa shape index (κ2) is 17.5. The minimum atomic E-state index is 0. The second-order valence-corrected chi connectivity index (χ2v) is 1.49. The van der Waals surface area contributed by atoms with Gasteiger partial charge in [0.25, 0.3) is 0 Å². The Hall–Kier alpha value is 0.453. The first-order valence-electron chi connectivity index (χ1n) is 2.76. The van der Waals surface area contributed by atoms with Gasteiger partial charge in [-0.15, -0.1) is 12.1 Å². The van der Waals surface area contributed by atoms with Crippen molar-refractivity contribution in [2.45, 2.75) is 0 Å². The van der Waals surface area contributed by atoms with Crippen molar-refractivity contribution in [2.75, 3.05) is 0 Å². The van der Waals surface area contributed by atoms with Gasteiger partial charge in [-0.1, -0.05) is 6.07 Å². The van der Waals surface area contributed by atoms with Gasteiger partial charge in [0.1, 0.15) is 0 Å². The summed E-state index contributed by atoms with van der Waals surface area (Å²) in [5.74, 6) is 0. The molecular formula is C8H7CuINZn. The van der Waals surface area contributed by atoms with Gasteiger partial charge in [-0.25, -0.2) is 0 Å². The van der Waals surface area contributed by atoms with Gasteiger partial charge in [-0.05, 0) is 0 Å². The van der Waals surface area contributed by atoms with Crippen molar-refractivity contribution in [3.63, 3.8) is 0 Å². The molecule has 0 aliphatic carbocycles. The van der Waals surface area contributed by atoms with Gasteiger partial charge in [0.15, 0.2) is 0 Å². The van der Waals surface area contributed by atoms with Crippen molar-refractivity contribution in [1.29, 1.82) is 5.26 Å². The minimum absolute atomic E-state index is 0. The SMILES string of the molecule is [C-]#N.[CH2-]c1ccccc1.[Cu+].[Zn+][I]. The van der Waals surface area contributed by atoms with Crippen molar-refractivity contribution < 1.29 is 31.9 Å². The molecule has 0 aliphatic rings. The van der Waals surface area contributed by atoms with E-state index in [4.69, 9.17) is 11.8 Å². The maximum absolute atomic E-state index is 6.25. The number of halogens is 1. The molecule has 0 atom stereocenters. The number of hydrogen-bond donors (Lipinski definition) is 0. The molecule has 0 aromatic heterocycles. The van der Waals surface area contributed by atoms with Crippen molar-refractivity contribution >= 4 is 19.8 Å². The molecule has 1 nitrogen and oxygen atoms in total. The number of rotatable bonds is 0. The van der Waals surface area contributed by atoms with E-state index in [2.05, 4.69) is 26.7 Å². The summed E-state index contributed by atoms with van der Waals surface area (Å²) in [7, 11) is 0.